The van der Waals surface area contributed by atoms with Crippen LogP contribution >= 0.6 is 11.6 Å². The van der Waals surface area contributed by atoms with Gasteiger partial charge in [0.25, 0.3) is 0 Å². The Morgan fingerprint density at radius 3 is 2.85 bits per heavy atom. The number of halogens is 1. The molecular formula is C15H19ClN2O2. The molecule has 1 atom stereocenters. The van der Waals surface area contributed by atoms with E-state index in [1.54, 1.807) is 30.5 Å². The highest BCUT2D eigenvalue weighted by Crippen LogP contribution is 2.20. The van der Waals surface area contributed by atoms with Crippen molar-refractivity contribution in [1.82, 2.24) is 9.88 Å². The van der Waals surface area contributed by atoms with E-state index in [1.165, 1.54) is 0 Å². The minimum Gasteiger partial charge on any atom is -0.393 e. The van der Waals surface area contributed by atoms with Crippen molar-refractivity contribution >= 4 is 23.6 Å². The summed E-state index contributed by atoms with van der Waals surface area (Å²) in [5.74, 6) is 0.309. The molecule has 1 fully saturated rings. The SMILES string of the molecule is CC(O)C1CCN(C(=O)/C=C/c2ccnc(Cl)c2)CC1. The minimum absolute atomic E-state index is 0.00183. The maximum atomic E-state index is 12.1. The quantitative estimate of drug-likeness (QED) is 0.688. The Balaban J connectivity index is 1.90. The van der Waals surface area contributed by atoms with Crippen molar-refractivity contribution in [3.05, 3.63) is 35.1 Å². The molecule has 0 saturated carbocycles. The molecule has 1 aliphatic rings. The summed E-state index contributed by atoms with van der Waals surface area (Å²) in [5, 5.41) is 9.96. The number of carbonyl (C=O) groups excluding carboxylic acids is 1. The molecule has 108 valence electrons. The molecule has 0 bridgehead atoms. The first-order valence-electron chi connectivity index (χ1n) is 6.83. The van der Waals surface area contributed by atoms with E-state index in [0.29, 0.717) is 24.2 Å². The second kappa shape index (κ2) is 6.86. The number of likely N-dealkylation sites (tertiary alicyclic amines) is 1. The van der Waals surface area contributed by atoms with Crippen LogP contribution in [0.1, 0.15) is 25.3 Å². The number of nitrogens with zero attached hydrogens (tertiary/aromatic N) is 2. The lowest BCUT2D eigenvalue weighted by atomic mass is 9.92. The molecule has 5 heteroatoms. The summed E-state index contributed by atoms with van der Waals surface area (Å²) >= 11 is 5.79. The van der Waals surface area contributed by atoms with Crippen molar-refractivity contribution in [2.45, 2.75) is 25.9 Å². The maximum Gasteiger partial charge on any atom is 0.246 e. The topological polar surface area (TPSA) is 53.4 Å². The molecule has 2 rings (SSSR count). The van der Waals surface area contributed by atoms with Crippen LogP contribution in [-0.4, -0.2) is 40.1 Å². The molecule has 4 nitrogen and oxygen atoms in total. The highest BCUT2D eigenvalue weighted by molar-refractivity contribution is 6.29. The average Bonchev–Trinajstić information content (AvgIpc) is 2.45. The summed E-state index contributed by atoms with van der Waals surface area (Å²) < 4.78 is 0. The van der Waals surface area contributed by atoms with E-state index in [2.05, 4.69) is 4.98 Å². The van der Waals surface area contributed by atoms with Gasteiger partial charge in [-0.1, -0.05) is 11.6 Å². The Morgan fingerprint density at radius 2 is 2.25 bits per heavy atom. The lowest BCUT2D eigenvalue weighted by Gasteiger charge is -2.32. The lowest BCUT2D eigenvalue weighted by Crippen LogP contribution is -2.39. The third-order valence-corrected chi connectivity index (χ3v) is 3.91. The summed E-state index contributed by atoms with van der Waals surface area (Å²) in [6.07, 6.45) is 6.35. The molecule has 1 saturated heterocycles. The smallest absolute Gasteiger partial charge is 0.246 e. The standard InChI is InChI=1S/C15H19ClN2O2/c1-11(19)13-5-8-18(9-6-13)15(20)3-2-12-4-7-17-14(16)10-12/h2-4,7,10-11,13,19H,5-6,8-9H2,1H3/b3-2+. The molecule has 1 unspecified atom stereocenters. The minimum atomic E-state index is -0.290. The summed E-state index contributed by atoms with van der Waals surface area (Å²) in [6.45, 7) is 3.22. The van der Waals surface area contributed by atoms with Gasteiger partial charge in [-0.15, -0.1) is 0 Å². The number of piperidine rings is 1. The van der Waals surface area contributed by atoms with Crippen molar-refractivity contribution in [1.29, 1.82) is 0 Å². The van der Waals surface area contributed by atoms with Crippen LogP contribution in [-0.2, 0) is 4.79 Å². The van der Waals surface area contributed by atoms with Crippen LogP contribution in [0.25, 0.3) is 6.08 Å². The number of hydrogen-bond acceptors (Lipinski definition) is 3. The van der Waals surface area contributed by atoms with Crippen LogP contribution < -0.4 is 0 Å². The second-order valence-corrected chi connectivity index (χ2v) is 5.54. The number of carbonyl (C=O) groups is 1. The molecule has 0 spiro atoms. The van der Waals surface area contributed by atoms with Crippen LogP contribution in [0, 0.1) is 5.92 Å². The highest BCUT2D eigenvalue weighted by Gasteiger charge is 2.24. The highest BCUT2D eigenvalue weighted by atomic mass is 35.5. The fourth-order valence-electron chi connectivity index (χ4n) is 2.40. The van der Waals surface area contributed by atoms with Gasteiger partial charge in [-0.2, -0.15) is 0 Å². The predicted molar refractivity (Wildman–Crippen MR) is 79.3 cm³/mol. The third kappa shape index (κ3) is 4.05. The zero-order chi connectivity index (χ0) is 14.5. The molecule has 2 heterocycles. The van der Waals surface area contributed by atoms with Gasteiger partial charge in [-0.25, -0.2) is 4.98 Å². The second-order valence-electron chi connectivity index (χ2n) is 5.15. The van der Waals surface area contributed by atoms with Crippen molar-refractivity contribution < 1.29 is 9.90 Å². The van der Waals surface area contributed by atoms with Crippen LogP contribution in [0.3, 0.4) is 0 Å². The number of aliphatic hydroxyl groups is 1. The molecule has 0 aromatic carbocycles. The van der Waals surface area contributed by atoms with Crippen molar-refractivity contribution in [2.24, 2.45) is 5.92 Å². The van der Waals surface area contributed by atoms with Gasteiger partial charge in [-0.3, -0.25) is 4.79 Å². The van der Waals surface area contributed by atoms with Gasteiger partial charge in [0.2, 0.25) is 5.91 Å². The maximum absolute atomic E-state index is 12.1. The summed E-state index contributed by atoms with van der Waals surface area (Å²) in [5.41, 5.74) is 0.859. The van der Waals surface area contributed by atoms with Gasteiger partial charge in [0.05, 0.1) is 6.10 Å². The van der Waals surface area contributed by atoms with Gasteiger partial charge in [-0.05, 0) is 49.5 Å². The Hall–Kier alpha value is -1.39. The van der Waals surface area contributed by atoms with E-state index in [1.807, 2.05) is 11.8 Å². The van der Waals surface area contributed by atoms with E-state index in [0.717, 1.165) is 18.4 Å². The van der Waals surface area contributed by atoms with Gasteiger partial charge >= 0.3 is 0 Å². The van der Waals surface area contributed by atoms with E-state index < -0.39 is 0 Å². The summed E-state index contributed by atoms with van der Waals surface area (Å²) in [6, 6.07) is 3.51. The summed E-state index contributed by atoms with van der Waals surface area (Å²) in [4.78, 5) is 17.8. The van der Waals surface area contributed by atoms with E-state index >= 15 is 0 Å². The molecule has 1 amide bonds. The summed E-state index contributed by atoms with van der Waals surface area (Å²) in [7, 11) is 0. The Kier molecular flexibility index (Phi) is 5.15. The number of aliphatic hydroxyl groups excluding tert-OH is 1. The fourth-order valence-corrected chi connectivity index (χ4v) is 2.58. The molecule has 0 radical (unpaired) electrons. The molecule has 0 aliphatic carbocycles. The number of aromatic nitrogens is 1. The van der Waals surface area contributed by atoms with Crippen LogP contribution in [0.15, 0.2) is 24.4 Å². The molecular weight excluding hydrogens is 276 g/mol. The predicted octanol–water partition coefficient (Wildman–Crippen LogP) is 2.37. The van der Waals surface area contributed by atoms with Gasteiger partial charge in [0.15, 0.2) is 0 Å². The Bertz CT molecular complexity index is 494. The largest absolute Gasteiger partial charge is 0.393 e. The Morgan fingerprint density at radius 1 is 1.55 bits per heavy atom. The lowest BCUT2D eigenvalue weighted by molar-refractivity contribution is -0.127. The normalized spacial score (nSPS) is 18.4. The number of pyridine rings is 1. The van der Waals surface area contributed by atoms with E-state index in [-0.39, 0.29) is 12.0 Å². The van der Waals surface area contributed by atoms with Crippen molar-refractivity contribution in [3.8, 4) is 0 Å². The molecule has 1 aliphatic heterocycles. The monoisotopic (exact) mass is 294 g/mol. The Labute approximate surface area is 124 Å². The molecule has 1 aromatic heterocycles. The van der Waals surface area contributed by atoms with E-state index in [4.69, 9.17) is 11.6 Å². The average molecular weight is 295 g/mol. The molecule has 1 N–H and O–H groups in total. The van der Waals surface area contributed by atoms with Crippen LogP contribution in [0.2, 0.25) is 5.15 Å². The molecule has 1 aromatic rings. The van der Waals surface area contributed by atoms with Crippen LogP contribution in [0.5, 0.6) is 0 Å². The van der Waals surface area contributed by atoms with Gasteiger partial charge in [0, 0.05) is 25.4 Å². The zero-order valence-corrected chi connectivity index (χ0v) is 12.3. The first kappa shape index (κ1) is 15.0. The first-order chi connectivity index (χ1) is 9.56. The number of amides is 1. The van der Waals surface area contributed by atoms with Crippen molar-refractivity contribution in [2.75, 3.05) is 13.1 Å². The van der Waals surface area contributed by atoms with E-state index in [9.17, 15) is 9.90 Å². The fraction of sp³-hybridized carbons (Fsp3) is 0.467. The number of hydrogen-bond donors (Lipinski definition) is 1. The first-order valence-corrected chi connectivity index (χ1v) is 7.20. The zero-order valence-electron chi connectivity index (χ0n) is 11.5. The van der Waals surface area contributed by atoms with Gasteiger partial charge in [0.1, 0.15) is 5.15 Å². The van der Waals surface area contributed by atoms with Crippen molar-refractivity contribution in [3.63, 3.8) is 0 Å². The van der Waals surface area contributed by atoms with Crippen LogP contribution in [0.4, 0.5) is 0 Å². The van der Waals surface area contributed by atoms with Gasteiger partial charge < -0.3 is 10.0 Å². The third-order valence-electron chi connectivity index (χ3n) is 3.70. The number of rotatable bonds is 3. The molecule has 20 heavy (non-hydrogen) atoms.